The van der Waals surface area contributed by atoms with Gasteiger partial charge in [-0.3, -0.25) is 24.3 Å². The summed E-state index contributed by atoms with van der Waals surface area (Å²) in [6.45, 7) is 7.97. The van der Waals surface area contributed by atoms with E-state index in [1.807, 2.05) is 4.90 Å². The van der Waals surface area contributed by atoms with Crippen molar-refractivity contribution < 1.29 is 37.1 Å². The van der Waals surface area contributed by atoms with E-state index in [4.69, 9.17) is 4.74 Å². The van der Waals surface area contributed by atoms with Crippen molar-refractivity contribution in [2.45, 2.75) is 25.6 Å². The Bertz CT molecular complexity index is 857. The molecule has 1 aliphatic rings. The minimum absolute atomic E-state index is 0.00743. The number of piperazine rings is 1. The van der Waals surface area contributed by atoms with Gasteiger partial charge < -0.3 is 20.3 Å². The number of alkyl halides is 3. The fourth-order valence-electron chi connectivity index (χ4n) is 2.97. The average molecular weight is 502 g/mol. The molecule has 1 aliphatic heterocycles. The number of Topliss-reactive ketones (excluding diaryl/α,β-unsaturated/α-hetero) is 1. The zero-order chi connectivity index (χ0) is 26.5. The maximum Gasteiger partial charge on any atom is 0.410 e. The molecule has 1 saturated heterocycles. The summed E-state index contributed by atoms with van der Waals surface area (Å²) in [5.41, 5.74) is -0.483. The number of rotatable bonds is 9. The highest BCUT2D eigenvalue weighted by atomic mass is 19.4. The van der Waals surface area contributed by atoms with Crippen LogP contribution in [0.4, 0.5) is 18.0 Å². The van der Waals surface area contributed by atoms with Crippen LogP contribution in [-0.4, -0.2) is 96.6 Å². The number of ether oxygens (including phenoxy) is 1. The number of carbonyl (C=O) groups is 4. The van der Waals surface area contributed by atoms with Gasteiger partial charge in [0.1, 0.15) is 18.8 Å². The van der Waals surface area contributed by atoms with E-state index in [1.165, 1.54) is 11.4 Å². The van der Waals surface area contributed by atoms with Gasteiger partial charge in [0.2, 0.25) is 12.3 Å². The monoisotopic (exact) mass is 501 g/mol. The van der Waals surface area contributed by atoms with Gasteiger partial charge in [0.25, 0.3) is 0 Å². The van der Waals surface area contributed by atoms with E-state index in [1.54, 1.807) is 43.1 Å². The number of nitrogens with one attached hydrogen (secondary N) is 2. The number of ketones is 1. The molecule has 0 aliphatic carbocycles. The molecule has 2 N–H and O–H groups in total. The summed E-state index contributed by atoms with van der Waals surface area (Å²) in [6.07, 6.45) is -1.60. The van der Waals surface area contributed by atoms with Crippen molar-refractivity contribution in [2.75, 3.05) is 45.9 Å². The normalized spacial score (nSPS) is 14.1. The minimum atomic E-state index is -4.29. The molecule has 0 atom stereocenters. The average Bonchev–Trinajstić information content (AvgIpc) is 2.84. The zero-order valence-corrected chi connectivity index (χ0v) is 19.6. The van der Waals surface area contributed by atoms with E-state index < -0.39 is 18.3 Å². The van der Waals surface area contributed by atoms with Gasteiger partial charge in [0.05, 0.1) is 12.1 Å². The van der Waals surface area contributed by atoms with Crippen molar-refractivity contribution in [3.05, 3.63) is 42.7 Å². The lowest BCUT2D eigenvalue weighted by molar-refractivity contribution is -0.132. The largest absolute Gasteiger partial charge is 0.445 e. The third-order valence-corrected chi connectivity index (χ3v) is 4.95. The molecular weight excluding hydrogens is 471 g/mol. The molecule has 3 amide bonds. The number of nitrogens with zero attached hydrogens (tertiary/aromatic N) is 3. The summed E-state index contributed by atoms with van der Waals surface area (Å²) in [5.74, 6) is -0.482. The Morgan fingerprint density at radius 2 is 1.83 bits per heavy atom. The first-order valence-corrected chi connectivity index (χ1v) is 10.7. The molecule has 0 unspecified atom stereocenters. The molecule has 0 saturated carbocycles. The smallest absolute Gasteiger partial charge is 0.410 e. The van der Waals surface area contributed by atoms with Crippen LogP contribution < -0.4 is 10.6 Å². The Balaban J connectivity index is 0.000000658. The highest BCUT2D eigenvalue weighted by Gasteiger charge is 2.37. The van der Waals surface area contributed by atoms with E-state index in [-0.39, 0.29) is 37.3 Å². The Kier molecular flexibility index (Phi) is 11.9. The van der Waals surface area contributed by atoms with Gasteiger partial charge in [-0.05, 0) is 26.0 Å². The van der Waals surface area contributed by atoms with E-state index in [0.717, 1.165) is 0 Å². The van der Waals surface area contributed by atoms with Crippen molar-refractivity contribution in [2.24, 2.45) is 0 Å². The number of carbonyl (C=O) groups excluding carboxylic acids is 4. The molecule has 35 heavy (non-hydrogen) atoms. The number of hydrogen-bond donors (Lipinski definition) is 2. The van der Waals surface area contributed by atoms with Gasteiger partial charge in [0, 0.05) is 32.4 Å². The molecule has 0 aromatic carbocycles. The van der Waals surface area contributed by atoms with E-state index in [2.05, 4.69) is 16.9 Å². The maximum atomic E-state index is 12.6. The molecule has 2 rings (SSSR count). The standard InChI is InChI=1S/C19H26N4O4.C3H4F3NO/c1-4-13-27-18(26)22-9-11-23(12-10-22)19(2,3)17(25)21-14-16(24)15-7-5-6-8-20-15;4-3(5,6)1-7-2-8/h4-8H,1,9-14H2,2-3H3,(H,21,25);2H,1H2,(H,7,8). The summed E-state index contributed by atoms with van der Waals surface area (Å²) < 4.78 is 38.1. The Hall–Kier alpha value is -3.48. The fraction of sp³-hybridized carbons (Fsp3) is 0.500. The summed E-state index contributed by atoms with van der Waals surface area (Å²) in [5, 5.41) is 4.18. The molecule has 10 nitrogen and oxygen atoms in total. The van der Waals surface area contributed by atoms with Crippen LogP contribution in [0.15, 0.2) is 37.1 Å². The summed E-state index contributed by atoms with van der Waals surface area (Å²) in [6, 6.07) is 5.07. The van der Waals surface area contributed by atoms with Crippen LogP contribution in [0.1, 0.15) is 24.3 Å². The van der Waals surface area contributed by atoms with Crippen LogP contribution in [0.5, 0.6) is 0 Å². The van der Waals surface area contributed by atoms with Crippen molar-refractivity contribution in [1.29, 1.82) is 0 Å². The van der Waals surface area contributed by atoms with Crippen LogP contribution >= 0.6 is 0 Å². The zero-order valence-electron chi connectivity index (χ0n) is 19.6. The third-order valence-electron chi connectivity index (χ3n) is 4.95. The Morgan fingerprint density at radius 1 is 1.17 bits per heavy atom. The van der Waals surface area contributed by atoms with Gasteiger partial charge in [-0.2, -0.15) is 13.2 Å². The summed E-state index contributed by atoms with van der Waals surface area (Å²) in [7, 11) is 0. The number of pyridine rings is 1. The minimum Gasteiger partial charge on any atom is -0.445 e. The first kappa shape index (κ1) is 29.6. The van der Waals surface area contributed by atoms with Crippen LogP contribution in [0.25, 0.3) is 0 Å². The van der Waals surface area contributed by atoms with E-state index >= 15 is 0 Å². The fourth-order valence-corrected chi connectivity index (χ4v) is 2.97. The lowest BCUT2D eigenvalue weighted by atomic mass is 10.00. The van der Waals surface area contributed by atoms with Crippen molar-refractivity contribution >= 4 is 24.2 Å². The predicted octanol–water partition coefficient (Wildman–Crippen LogP) is 1.39. The van der Waals surface area contributed by atoms with E-state index in [9.17, 15) is 32.3 Å². The first-order chi connectivity index (χ1) is 16.4. The van der Waals surface area contributed by atoms with Gasteiger partial charge in [-0.1, -0.05) is 18.7 Å². The highest BCUT2D eigenvalue weighted by Crippen LogP contribution is 2.18. The topological polar surface area (TPSA) is 121 Å². The van der Waals surface area contributed by atoms with Crippen molar-refractivity contribution in [1.82, 2.24) is 25.4 Å². The molecule has 1 fully saturated rings. The lowest BCUT2D eigenvalue weighted by Gasteiger charge is -2.42. The summed E-state index contributed by atoms with van der Waals surface area (Å²) in [4.78, 5) is 53.4. The molecular formula is C22H30F3N5O5. The Labute approximate surface area is 201 Å². The van der Waals surface area contributed by atoms with Gasteiger partial charge in [0.15, 0.2) is 5.78 Å². The quantitative estimate of drug-likeness (QED) is 0.298. The van der Waals surface area contributed by atoms with Crippen LogP contribution in [0, 0.1) is 0 Å². The molecule has 0 radical (unpaired) electrons. The van der Waals surface area contributed by atoms with Gasteiger partial charge in [-0.15, -0.1) is 0 Å². The second kappa shape index (κ2) is 14.0. The van der Waals surface area contributed by atoms with Crippen LogP contribution in [-0.2, 0) is 14.3 Å². The number of aromatic nitrogens is 1. The second-order valence-corrected chi connectivity index (χ2v) is 7.83. The van der Waals surface area contributed by atoms with E-state index in [0.29, 0.717) is 31.9 Å². The molecule has 194 valence electrons. The van der Waals surface area contributed by atoms with Crippen molar-refractivity contribution in [3.63, 3.8) is 0 Å². The maximum absolute atomic E-state index is 12.6. The predicted molar refractivity (Wildman–Crippen MR) is 120 cm³/mol. The first-order valence-electron chi connectivity index (χ1n) is 10.7. The van der Waals surface area contributed by atoms with Gasteiger partial charge in [-0.25, -0.2) is 4.79 Å². The Morgan fingerprint density at radius 3 is 2.31 bits per heavy atom. The molecule has 13 heteroatoms. The third kappa shape index (κ3) is 10.5. The lowest BCUT2D eigenvalue weighted by Crippen LogP contribution is -2.61. The SMILES string of the molecule is C=CCOC(=O)N1CCN(C(C)(C)C(=O)NCC(=O)c2ccccn2)CC1.O=CNCC(F)(F)F. The van der Waals surface area contributed by atoms with Gasteiger partial charge >= 0.3 is 12.3 Å². The van der Waals surface area contributed by atoms with Crippen LogP contribution in [0.3, 0.4) is 0 Å². The molecule has 0 spiro atoms. The second-order valence-electron chi connectivity index (χ2n) is 7.83. The molecule has 0 bridgehead atoms. The number of amides is 3. The summed E-state index contributed by atoms with van der Waals surface area (Å²) >= 11 is 0. The molecule has 2 heterocycles. The highest BCUT2D eigenvalue weighted by molar-refractivity contribution is 5.98. The number of halogens is 3. The molecule has 1 aromatic rings. The molecule has 1 aromatic heterocycles. The number of hydrogen-bond acceptors (Lipinski definition) is 7. The van der Waals surface area contributed by atoms with Crippen LogP contribution in [0.2, 0.25) is 0 Å². The van der Waals surface area contributed by atoms with Crippen molar-refractivity contribution in [3.8, 4) is 0 Å².